The zero-order valence-electron chi connectivity index (χ0n) is 14.4. The molecule has 0 aromatic carbocycles. The second-order valence-electron chi connectivity index (χ2n) is 6.80. The summed E-state index contributed by atoms with van der Waals surface area (Å²) in [5.41, 5.74) is 0. The van der Waals surface area contributed by atoms with Gasteiger partial charge in [0.1, 0.15) is 0 Å². The molecule has 1 rings (SSSR count). The van der Waals surface area contributed by atoms with E-state index in [4.69, 9.17) is 0 Å². The first-order chi connectivity index (χ1) is 9.77. The lowest BCUT2D eigenvalue weighted by Crippen LogP contribution is -2.40. The van der Waals surface area contributed by atoms with Gasteiger partial charge in [0.25, 0.3) is 0 Å². The molecule has 0 radical (unpaired) electrons. The van der Waals surface area contributed by atoms with Crippen LogP contribution in [0.15, 0.2) is 0 Å². The summed E-state index contributed by atoms with van der Waals surface area (Å²) in [7, 11) is -0.821. The van der Waals surface area contributed by atoms with Gasteiger partial charge in [0.15, 0.2) is 0 Å². The van der Waals surface area contributed by atoms with Crippen molar-refractivity contribution in [3.8, 4) is 0 Å². The van der Waals surface area contributed by atoms with Crippen LogP contribution < -0.4 is 5.32 Å². The molecular formula is C16H32N2O2S. The van der Waals surface area contributed by atoms with Crippen molar-refractivity contribution in [2.45, 2.75) is 71.3 Å². The Balaban J connectivity index is 2.75. The van der Waals surface area contributed by atoms with E-state index in [0.717, 1.165) is 19.3 Å². The van der Waals surface area contributed by atoms with E-state index in [-0.39, 0.29) is 23.4 Å². The molecule has 0 aliphatic carbocycles. The standard InChI is InChI=1S/C16H32N2O2S/c1-7-12(4)15-16(19)18(9-8-13(5)21(6)20)14(17-15)10-11(2)3/h11-15,17H,7-10H2,1-6H3. The Hall–Kier alpha value is -0.420. The Morgan fingerprint density at radius 2 is 1.90 bits per heavy atom. The van der Waals surface area contributed by atoms with E-state index in [1.54, 1.807) is 6.26 Å². The third-order valence-corrected chi connectivity index (χ3v) is 5.92. The molecule has 0 bridgehead atoms. The van der Waals surface area contributed by atoms with Crippen LogP contribution in [-0.4, -0.2) is 45.3 Å². The summed E-state index contributed by atoms with van der Waals surface area (Å²) < 4.78 is 11.5. The van der Waals surface area contributed by atoms with Gasteiger partial charge in [-0.05, 0) is 24.7 Å². The van der Waals surface area contributed by atoms with Crippen molar-refractivity contribution in [1.29, 1.82) is 0 Å². The van der Waals surface area contributed by atoms with Crippen LogP contribution >= 0.6 is 0 Å². The maximum absolute atomic E-state index is 12.7. The fourth-order valence-electron chi connectivity index (χ4n) is 2.74. The summed E-state index contributed by atoms with van der Waals surface area (Å²) in [4.78, 5) is 14.7. The van der Waals surface area contributed by atoms with Gasteiger partial charge in [-0.25, -0.2) is 0 Å². The van der Waals surface area contributed by atoms with Crippen molar-refractivity contribution < 1.29 is 9.00 Å². The highest BCUT2D eigenvalue weighted by molar-refractivity contribution is 7.84. The van der Waals surface area contributed by atoms with Crippen molar-refractivity contribution in [2.24, 2.45) is 11.8 Å². The lowest BCUT2D eigenvalue weighted by atomic mass is 9.99. The van der Waals surface area contributed by atoms with Crippen LogP contribution in [-0.2, 0) is 15.6 Å². The number of hydrogen-bond donors (Lipinski definition) is 1. The predicted molar refractivity (Wildman–Crippen MR) is 89.5 cm³/mol. The molecule has 1 amide bonds. The van der Waals surface area contributed by atoms with Gasteiger partial charge in [0.2, 0.25) is 5.91 Å². The number of hydrogen-bond acceptors (Lipinski definition) is 3. The molecule has 1 fully saturated rings. The molecule has 0 saturated carbocycles. The minimum atomic E-state index is -0.821. The van der Waals surface area contributed by atoms with Gasteiger partial charge < -0.3 is 4.90 Å². The molecule has 4 nitrogen and oxygen atoms in total. The van der Waals surface area contributed by atoms with E-state index < -0.39 is 10.8 Å². The summed E-state index contributed by atoms with van der Waals surface area (Å²) in [5.74, 6) is 1.13. The first kappa shape index (κ1) is 18.6. The summed E-state index contributed by atoms with van der Waals surface area (Å²) >= 11 is 0. The predicted octanol–water partition coefficient (Wildman–Crippen LogP) is 2.36. The zero-order chi connectivity index (χ0) is 16.2. The smallest absolute Gasteiger partial charge is 0.241 e. The Labute approximate surface area is 132 Å². The molecule has 124 valence electrons. The minimum Gasteiger partial charge on any atom is -0.326 e. The average molecular weight is 317 g/mol. The Morgan fingerprint density at radius 1 is 1.29 bits per heavy atom. The fourth-order valence-corrected chi connectivity index (χ4v) is 3.18. The van der Waals surface area contributed by atoms with Crippen LogP contribution in [0.2, 0.25) is 0 Å². The van der Waals surface area contributed by atoms with Crippen molar-refractivity contribution in [1.82, 2.24) is 10.2 Å². The number of amides is 1. The monoisotopic (exact) mass is 316 g/mol. The topological polar surface area (TPSA) is 49.4 Å². The van der Waals surface area contributed by atoms with Crippen LogP contribution in [0.25, 0.3) is 0 Å². The Bertz CT molecular complexity index is 373. The molecule has 5 atom stereocenters. The van der Waals surface area contributed by atoms with Gasteiger partial charge in [-0.1, -0.05) is 41.0 Å². The second-order valence-corrected chi connectivity index (χ2v) is 8.61. The highest BCUT2D eigenvalue weighted by Crippen LogP contribution is 2.23. The van der Waals surface area contributed by atoms with Crippen LogP contribution in [0, 0.1) is 11.8 Å². The van der Waals surface area contributed by atoms with Crippen molar-refractivity contribution in [2.75, 3.05) is 12.8 Å². The third kappa shape index (κ3) is 5.06. The van der Waals surface area contributed by atoms with E-state index in [2.05, 4.69) is 33.0 Å². The normalized spacial score (nSPS) is 27.2. The van der Waals surface area contributed by atoms with Gasteiger partial charge in [-0.3, -0.25) is 14.3 Å². The van der Waals surface area contributed by atoms with Crippen molar-refractivity contribution in [3.05, 3.63) is 0 Å². The molecule has 1 heterocycles. The van der Waals surface area contributed by atoms with E-state index in [1.807, 2.05) is 11.8 Å². The number of nitrogens with one attached hydrogen (secondary N) is 1. The quantitative estimate of drug-likeness (QED) is 0.748. The molecule has 0 aromatic rings. The summed E-state index contributed by atoms with van der Waals surface area (Å²) in [5, 5.41) is 3.67. The summed E-state index contributed by atoms with van der Waals surface area (Å²) in [6.07, 6.45) is 4.65. The van der Waals surface area contributed by atoms with E-state index in [9.17, 15) is 9.00 Å². The largest absolute Gasteiger partial charge is 0.326 e. The minimum absolute atomic E-state index is 0.0545. The molecule has 1 N–H and O–H groups in total. The third-order valence-electron chi connectivity index (χ3n) is 4.55. The van der Waals surface area contributed by atoms with Crippen LogP contribution in [0.4, 0.5) is 0 Å². The van der Waals surface area contributed by atoms with Crippen molar-refractivity contribution >= 4 is 16.7 Å². The van der Waals surface area contributed by atoms with Gasteiger partial charge in [-0.15, -0.1) is 0 Å². The maximum atomic E-state index is 12.7. The molecule has 1 aliphatic heterocycles. The molecule has 1 saturated heterocycles. The highest BCUT2D eigenvalue weighted by atomic mass is 32.2. The van der Waals surface area contributed by atoms with Crippen molar-refractivity contribution in [3.63, 3.8) is 0 Å². The molecule has 21 heavy (non-hydrogen) atoms. The second kappa shape index (κ2) is 8.28. The molecule has 1 aliphatic rings. The molecule has 0 aromatic heterocycles. The lowest BCUT2D eigenvalue weighted by molar-refractivity contribution is -0.131. The number of carbonyl (C=O) groups excluding carboxylic acids is 1. The van der Waals surface area contributed by atoms with E-state index in [1.165, 1.54) is 0 Å². The van der Waals surface area contributed by atoms with Gasteiger partial charge in [0.05, 0.1) is 12.2 Å². The fraction of sp³-hybridized carbons (Fsp3) is 0.938. The van der Waals surface area contributed by atoms with Crippen LogP contribution in [0.5, 0.6) is 0 Å². The lowest BCUT2D eigenvalue weighted by Gasteiger charge is -2.26. The molecule has 5 unspecified atom stereocenters. The van der Waals surface area contributed by atoms with E-state index in [0.29, 0.717) is 18.4 Å². The summed E-state index contributed by atoms with van der Waals surface area (Å²) in [6, 6.07) is -0.0545. The van der Waals surface area contributed by atoms with Gasteiger partial charge in [-0.2, -0.15) is 0 Å². The molecule has 5 heteroatoms. The van der Waals surface area contributed by atoms with Gasteiger partial charge >= 0.3 is 0 Å². The Morgan fingerprint density at radius 3 is 2.38 bits per heavy atom. The molecular weight excluding hydrogens is 284 g/mol. The number of carbonyl (C=O) groups is 1. The highest BCUT2D eigenvalue weighted by Gasteiger charge is 2.40. The Kier molecular flexibility index (Phi) is 7.34. The van der Waals surface area contributed by atoms with Gasteiger partial charge in [0, 0.05) is 28.9 Å². The SMILES string of the molecule is CCC(C)C1NC(CC(C)C)N(CCC(C)S(C)=O)C1=O. The zero-order valence-corrected chi connectivity index (χ0v) is 15.2. The van der Waals surface area contributed by atoms with Crippen LogP contribution in [0.1, 0.15) is 53.9 Å². The average Bonchev–Trinajstić information content (AvgIpc) is 2.71. The summed E-state index contributed by atoms with van der Waals surface area (Å²) in [6.45, 7) is 11.3. The van der Waals surface area contributed by atoms with E-state index >= 15 is 0 Å². The maximum Gasteiger partial charge on any atom is 0.241 e. The van der Waals surface area contributed by atoms with Crippen LogP contribution in [0.3, 0.4) is 0 Å². The number of nitrogens with zero attached hydrogens (tertiary/aromatic N) is 1. The first-order valence-corrected chi connectivity index (χ1v) is 9.78. The first-order valence-electron chi connectivity index (χ1n) is 8.16. The number of rotatable bonds is 8. The molecule has 0 spiro atoms.